The minimum atomic E-state index is -2.90. The molecule has 22 heavy (non-hydrogen) atoms. The molecular formula is C14H18F2N2O4. The molecule has 0 aliphatic carbocycles. The number of benzene rings is 1. The molecule has 0 spiro atoms. The first-order chi connectivity index (χ1) is 10.2. The SMILES string of the molecule is CC(C)(C)OC(=O)NNC(=O)Cc1ccc(OC(F)F)cc1. The average Bonchev–Trinajstić information content (AvgIpc) is 2.36. The minimum absolute atomic E-state index is 0.00559. The van der Waals surface area contributed by atoms with Crippen molar-refractivity contribution in [2.75, 3.05) is 0 Å². The number of carbonyl (C=O) groups is 2. The summed E-state index contributed by atoms with van der Waals surface area (Å²) in [4.78, 5) is 22.9. The predicted octanol–water partition coefficient (Wildman–Crippen LogP) is 2.39. The highest BCUT2D eigenvalue weighted by Crippen LogP contribution is 2.15. The second-order valence-electron chi connectivity index (χ2n) is 5.37. The first-order valence-electron chi connectivity index (χ1n) is 6.47. The Labute approximate surface area is 126 Å². The van der Waals surface area contributed by atoms with Gasteiger partial charge in [0.2, 0.25) is 5.91 Å². The lowest BCUT2D eigenvalue weighted by Gasteiger charge is -2.19. The second-order valence-corrected chi connectivity index (χ2v) is 5.37. The first kappa shape index (κ1) is 17.7. The van der Waals surface area contributed by atoms with Gasteiger partial charge in [-0.15, -0.1) is 0 Å². The Bertz CT molecular complexity index is 513. The van der Waals surface area contributed by atoms with E-state index in [-0.39, 0.29) is 12.2 Å². The molecule has 0 saturated heterocycles. The highest BCUT2D eigenvalue weighted by atomic mass is 19.3. The zero-order valence-electron chi connectivity index (χ0n) is 12.5. The fourth-order valence-electron chi connectivity index (χ4n) is 1.44. The third-order valence-electron chi connectivity index (χ3n) is 2.22. The van der Waals surface area contributed by atoms with Crippen molar-refractivity contribution in [3.63, 3.8) is 0 Å². The average molecular weight is 316 g/mol. The third-order valence-corrected chi connectivity index (χ3v) is 2.22. The van der Waals surface area contributed by atoms with Crippen LogP contribution in [0.3, 0.4) is 0 Å². The summed E-state index contributed by atoms with van der Waals surface area (Å²) in [5.41, 5.74) is 4.20. The van der Waals surface area contributed by atoms with Crippen molar-refractivity contribution >= 4 is 12.0 Å². The summed E-state index contributed by atoms with van der Waals surface area (Å²) in [6, 6.07) is 5.61. The molecule has 1 aromatic rings. The van der Waals surface area contributed by atoms with E-state index in [9.17, 15) is 18.4 Å². The number of nitrogens with one attached hydrogen (secondary N) is 2. The zero-order valence-corrected chi connectivity index (χ0v) is 12.5. The largest absolute Gasteiger partial charge is 0.443 e. The maximum Gasteiger partial charge on any atom is 0.426 e. The number of ether oxygens (including phenoxy) is 2. The number of amides is 2. The molecule has 0 aliphatic rings. The van der Waals surface area contributed by atoms with Gasteiger partial charge in [-0.25, -0.2) is 10.2 Å². The molecule has 0 bridgehead atoms. The van der Waals surface area contributed by atoms with Crippen LogP contribution in [-0.4, -0.2) is 24.2 Å². The van der Waals surface area contributed by atoms with Crippen molar-refractivity contribution in [3.05, 3.63) is 29.8 Å². The third kappa shape index (κ3) is 7.41. The maximum absolute atomic E-state index is 12.0. The van der Waals surface area contributed by atoms with Crippen LogP contribution in [0.15, 0.2) is 24.3 Å². The molecule has 0 saturated carbocycles. The van der Waals surface area contributed by atoms with Crippen molar-refractivity contribution in [2.45, 2.75) is 39.4 Å². The van der Waals surface area contributed by atoms with Crippen LogP contribution in [0.2, 0.25) is 0 Å². The Morgan fingerprint density at radius 1 is 1.14 bits per heavy atom. The molecule has 122 valence electrons. The number of carbonyl (C=O) groups excluding carboxylic acids is 2. The Balaban J connectivity index is 2.40. The minimum Gasteiger partial charge on any atom is -0.443 e. The molecule has 0 aliphatic heterocycles. The zero-order chi connectivity index (χ0) is 16.8. The van der Waals surface area contributed by atoms with Crippen molar-refractivity contribution in [1.29, 1.82) is 0 Å². The van der Waals surface area contributed by atoms with Crippen molar-refractivity contribution in [3.8, 4) is 5.75 Å². The van der Waals surface area contributed by atoms with Crippen LogP contribution in [0.1, 0.15) is 26.3 Å². The summed E-state index contributed by atoms with van der Waals surface area (Å²) in [6.07, 6.45) is -0.813. The van der Waals surface area contributed by atoms with E-state index < -0.39 is 24.2 Å². The van der Waals surface area contributed by atoms with Crippen molar-refractivity contribution < 1.29 is 27.8 Å². The van der Waals surface area contributed by atoms with Crippen LogP contribution < -0.4 is 15.6 Å². The van der Waals surface area contributed by atoms with Gasteiger partial charge in [-0.2, -0.15) is 8.78 Å². The van der Waals surface area contributed by atoms with Crippen molar-refractivity contribution in [2.24, 2.45) is 0 Å². The molecular weight excluding hydrogens is 298 g/mol. The highest BCUT2D eigenvalue weighted by Gasteiger charge is 2.16. The molecule has 1 rings (SSSR count). The lowest BCUT2D eigenvalue weighted by Crippen LogP contribution is -2.44. The van der Waals surface area contributed by atoms with Crippen LogP contribution in [0.5, 0.6) is 5.75 Å². The van der Waals surface area contributed by atoms with E-state index in [1.54, 1.807) is 20.8 Å². The number of halogens is 2. The Kier molecular flexibility index (Phi) is 6.09. The predicted molar refractivity (Wildman–Crippen MR) is 74.3 cm³/mol. The van der Waals surface area contributed by atoms with Crippen LogP contribution in [-0.2, 0) is 16.0 Å². The lowest BCUT2D eigenvalue weighted by atomic mass is 10.1. The second kappa shape index (κ2) is 7.58. The van der Waals surface area contributed by atoms with Gasteiger partial charge in [0.1, 0.15) is 11.4 Å². The molecule has 1 aromatic carbocycles. The smallest absolute Gasteiger partial charge is 0.426 e. The standard InChI is InChI=1S/C14H18F2N2O4/c1-14(2,3)22-13(20)18-17-11(19)8-9-4-6-10(7-5-9)21-12(15)16/h4-7,12H,8H2,1-3H3,(H,17,19)(H,18,20). The lowest BCUT2D eigenvalue weighted by molar-refractivity contribution is -0.121. The normalized spacial score (nSPS) is 11.0. The van der Waals surface area contributed by atoms with Gasteiger partial charge in [-0.1, -0.05) is 12.1 Å². The van der Waals surface area contributed by atoms with E-state index in [4.69, 9.17) is 4.74 Å². The fourth-order valence-corrected chi connectivity index (χ4v) is 1.44. The van der Waals surface area contributed by atoms with E-state index in [0.717, 1.165) is 0 Å². The molecule has 0 radical (unpaired) electrons. The van der Waals surface area contributed by atoms with Gasteiger partial charge < -0.3 is 9.47 Å². The molecule has 8 heteroatoms. The van der Waals surface area contributed by atoms with Crippen LogP contribution in [0.4, 0.5) is 13.6 Å². The van der Waals surface area contributed by atoms with Crippen LogP contribution in [0.25, 0.3) is 0 Å². The van der Waals surface area contributed by atoms with Gasteiger partial charge in [-0.05, 0) is 38.5 Å². The van der Waals surface area contributed by atoms with E-state index in [0.29, 0.717) is 5.56 Å². The Hall–Kier alpha value is -2.38. The summed E-state index contributed by atoms with van der Waals surface area (Å²) >= 11 is 0. The molecule has 0 unspecified atom stereocenters. The maximum atomic E-state index is 12.0. The Morgan fingerprint density at radius 3 is 2.23 bits per heavy atom. The van der Waals surface area contributed by atoms with E-state index >= 15 is 0 Å². The number of alkyl halides is 2. The topological polar surface area (TPSA) is 76.7 Å². The molecule has 0 aromatic heterocycles. The highest BCUT2D eigenvalue weighted by molar-refractivity contribution is 5.81. The quantitative estimate of drug-likeness (QED) is 0.836. The van der Waals surface area contributed by atoms with Gasteiger partial charge in [0.25, 0.3) is 0 Å². The van der Waals surface area contributed by atoms with Gasteiger partial charge in [0.15, 0.2) is 0 Å². The monoisotopic (exact) mass is 316 g/mol. The number of rotatable bonds is 4. The first-order valence-corrected chi connectivity index (χ1v) is 6.47. The Morgan fingerprint density at radius 2 is 1.73 bits per heavy atom. The van der Waals surface area contributed by atoms with E-state index in [1.165, 1.54) is 24.3 Å². The van der Waals surface area contributed by atoms with Gasteiger partial charge >= 0.3 is 12.7 Å². The molecule has 0 atom stereocenters. The van der Waals surface area contributed by atoms with Crippen LogP contribution >= 0.6 is 0 Å². The van der Waals surface area contributed by atoms with E-state index in [1.807, 2.05) is 0 Å². The fraction of sp³-hybridized carbons (Fsp3) is 0.429. The van der Waals surface area contributed by atoms with Gasteiger partial charge in [0.05, 0.1) is 6.42 Å². The molecule has 2 amide bonds. The summed E-state index contributed by atoms with van der Waals surface area (Å²) in [5.74, 6) is -0.473. The summed E-state index contributed by atoms with van der Waals surface area (Å²) in [5, 5.41) is 0. The summed E-state index contributed by atoms with van der Waals surface area (Å²) in [7, 11) is 0. The summed E-state index contributed by atoms with van der Waals surface area (Å²) < 4.78 is 33.1. The molecule has 6 nitrogen and oxygen atoms in total. The number of hydrogen-bond donors (Lipinski definition) is 2. The molecule has 0 fully saturated rings. The van der Waals surface area contributed by atoms with Crippen LogP contribution in [0, 0.1) is 0 Å². The van der Waals surface area contributed by atoms with Crippen molar-refractivity contribution in [1.82, 2.24) is 10.9 Å². The molecule has 0 heterocycles. The summed E-state index contributed by atoms with van der Waals surface area (Å²) in [6.45, 7) is 2.18. The van der Waals surface area contributed by atoms with Gasteiger partial charge in [0, 0.05) is 0 Å². The van der Waals surface area contributed by atoms with Gasteiger partial charge in [-0.3, -0.25) is 10.2 Å². The van der Waals surface area contributed by atoms with E-state index in [2.05, 4.69) is 15.6 Å². The molecule has 2 N–H and O–H groups in total. The number of hydrazine groups is 1. The number of hydrogen-bond acceptors (Lipinski definition) is 4.